The van der Waals surface area contributed by atoms with Crippen LogP contribution >= 0.6 is 12.2 Å². The van der Waals surface area contributed by atoms with Crippen molar-refractivity contribution in [1.29, 1.82) is 0 Å². The molecule has 2 aliphatic rings. The van der Waals surface area contributed by atoms with Crippen LogP contribution in [0.3, 0.4) is 0 Å². The molecule has 2 heterocycles. The number of benzene rings is 3. The van der Waals surface area contributed by atoms with Gasteiger partial charge in [0.05, 0.1) is 5.56 Å². The van der Waals surface area contributed by atoms with Gasteiger partial charge in [-0.25, -0.2) is 4.79 Å². The zero-order valence-corrected chi connectivity index (χ0v) is 20.4. The van der Waals surface area contributed by atoms with Crippen molar-refractivity contribution in [2.24, 2.45) is 5.73 Å². The maximum atomic E-state index is 13.0. The Morgan fingerprint density at radius 1 is 0.889 bits per heavy atom. The number of rotatable bonds is 7. The lowest BCUT2D eigenvalue weighted by Crippen LogP contribution is -2.33. The van der Waals surface area contributed by atoms with E-state index in [2.05, 4.69) is 10.6 Å². The summed E-state index contributed by atoms with van der Waals surface area (Å²) in [5.74, 6) is 0.200. The quantitative estimate of drug-likeness (QED) is 0.180. The third-order valence-electron chi connectivity index (χ3n) is 6.45. The molecule has 5 rings (SSSR count). The van der Waals surface area contributed by atoms with Crippen molar-refractivity contribution in [2.45, 2.75) is 31.3 Å². The highest BCUT2D eigenvalue weighted by atomic mass is 32.1. The van der Waals surface area contributed by atoms with Crippen LogP contribution in [-0.4, -0.2) is 34.4 Å². The Balaban J connectivity index is 1.49. The largest absolute Gasteiger partial charge is 0.508 e. The third kappa shape index (κ3) is 4.20. The molecule has 6 N–H and O–H groups in total. The SMILES string of the molecule is NCCCCCCNC(=S)Nc1ccc2c(c1)C1(OC2=O)c2ccc(O)cc2Oc2cc(O)ccc21. The summed E-state index contributed by atoms with van der Waals surface area (Å²) in [6.45, 7) is 1.46. The summed E-state index contributed by atoms with van der Waals surface area (Å²) < 4.78 is 12.1. The van der Waals surface area contributed by atoms with E-state index in [-0.39, 0.29) is 11.5 Å². The molecule has 0 fully saturated rings. The fourth-order valence-electron chi connectivity index (χ4n) is 4.78. The summed E-state index contributed by atoms with van der Waals surface area (Å²) in [7, 11) is 0. The highest BCUT2D eigenvalue weighted by Crippen LogP contribution is 2.57. The number of nitrogens with two attached hydrogens (primary N) is 1. The molecular weight excluding hydrogens is 478 g/mol. The second kappa shape index (κ2) is 9.67. The number of esters is 1. The number of anilines is 1. The smallest absolute Gasteiger partial charge is 0.340 e. The van der Waals surface area contributed by atoms with E-state index < -0.39 is 11.6 Å². The van der Waals surface area contributed by atoms with Crippen molar-refractivity contribution < 1.29 is 24.5 Å². The van der Waals surface area contributed by atoms with E-state index >= 15 is 0 Å². The van der Waals surface area contributed by atoms with Gasteiger partial charge in [-0.05, 0) is 74.1 Å². The van der Waals surface area contributed by atoms with Gasteiger partial charge in [0, 0.05) is 41.1 Å². The minimum absolute atomic E-state index is 0.00641. The van der Waals surface area contributed by atoms with Crippen molar-refractivity contribution in [3.63, 3.8) is 0 Å². The average molecular weight is 506 g/mol. The van der Waals surface area contributed by atoms with Crippen LogP contribution in [0.4, 0.5) is 5.69 Å². The highest BCUT2D eigenvalue weighted by molar-refractivity contribution is 7.80. The number of hydrogen-bond acceptors (Lipinski definition) is 7. The predicted octanol–water partition coefficient (Wildman–Crippen LogP) is 4.47. The molecule has 3 aromatic rings. The van der Waals surface area contributed by atoms with Crippen molar-refractivity contribution in [3.05, 3.63) is 76.9 Å². The maximum Gasteiger partial charge on any atom is 0.340 e. The molecule has 2 aliphatic heterocycles. The molecule has 9 heteroatoms. The van der Waals surface area contributed by atoms with Crippen LogP contribution in [0.5, 0.6) is 23.0 Å². The Morgan fingerprint density at radius 3 is 2.22 bits per heavy atom. The molecule has 36 heavy (non-hydrogen) atoms. The van der Waals surface area contributed by atoms with Crippen molar-refractivity contribution in [1.82, 2.24) is 5.32 Å². The second-order valence-corrected chi connectivity index (χ2v) is 9.29. The van der Waals surface area contributed by atoms with Crippen LogP contribution in [0.25, 0.3) is 0 Å². The first kappa shape index (κ1) is 23.9. The number of ether oxygens (including phenoxy) is 2. The number of hydrogen-bond donors (Lipinski definition) is 5. The van der Waals surface area contributed by atoms with Gasteiger partial charge in [0.15, 0.2) is 10.7 Å². The Labute approximate surface area is 214 Å². The van der Waals surface area contributed by atoms with Crippen molar-refractivity contribution >= 4 is 29.0 Å². The monoisotopic (exact) mass is 505 g/mol. The first-order valence-corrected chi connectivity index (χ1v) is 12.3. The molecule has 0 amide bonds. The molecule has 0 unspecified atom stereocenters. The van der Waals surface area contributed by atoms with Gasteiger partial charge in [0.2, 0.25) is 0 Å². The maximum absolute atomic E-state index is 13.0. The van der Waals surface area contributed by atoms with E-state index in [4.69, 9.17) is 27.4 Å². The molecule has 0 aromatic heterocycles. The van der Waals surface area contributed by atoms with Crippen LogP contribution < -0.4 is 21.1 Å². The molecule has 0 saturated heterocycles. The minimum Gasteiger partial charge on any atom is -0.508 e. The van der Waals surface area contributed by atoms with Gasteiger partial charge < -0.3 is 36.1 Å². The summed E-state index contributed by atoms with van der Waals surface area (Å²) in [6, 6.07) is 14.7. The Kier molecular flexibility index (Phi) is 6.42. The number of unbranched alkanes of at least 4 members (excludes halogenated alkanes) is 3. The predicted molar refractivity (Wildman–Crippen MR) is 140 cm³/mol. The highest BCUT2D eigenvalue weighted by Gasteiger charge is 2.53. The van der Waals surface area contributed by atoms with E-state index in [1.165, 1.54) is 24.3 Å². The standard InChI is InChI=1S/C27H27N3O5S/c28-11-3-1-2-4-12-29-26(36)30-16-5-8-19-22(13-16)27(35-25(19)33)20-9-6-17(31)14-23(20)34-24-15-18(32)7-10-21(24)27/h5-10,13-15,31-32H,1-4,11-12,28H2,(H2,29,30,36). The molecule has 0 saturated carbocycles. The van der Waals surface area contributed by atoms with E-state index in [1.54, 1.807) is 24.3 Å². The summed E-state index contributed by atoms with van der Waals surface area (Å²) in [4.78, 5) is 13.0. The number of aromatic hydroxyl groups is 2. The van der Waals surface area contributed by atoms with Crippen LogP contribution in [0.2, 0.25) is 0 Å². The number of nitrogens with one attached hydrogen (secondary N) is 2. The van der Waals surface area contributed by atoms with Crippen LogP contribution in [0.15, 0.2) is 54.6 Å². The molecule has 8 nitrogen and oxygen atoms in total. The molecule has 1 spiro atoms. The third-order valence-corrected chi connectivity index (χ3v) is 6.69. The van der Waals surface area contributed by atoms with E-state index in [1.807, 2.05) is 6.07 Å². The van der Waals surface area contributed by atoms with Crippen LogP contribution in [0.1, 0.15) is 52.7 Å². The first-order valence-electron chi connectivity index (χ1n) is 11.9. The van der Waals surface area contributed by atoms with Gasteiger partial charge in [-0.2, -0.15) is 0 Å². The fraction of sp³-hybridized carbons (Fsp3) is 0.259. The Hall–Kier alpha value is -3.82. The fourth-order valence-corrected chi connectivity index (χ4v) is 5.00. The van der Waals surface area contributed by atoms with Gasteiger partial charge >= 0.3 is 5.97 Å². The second-order valence-electron chi connectivity index (χ2n) is 8.88. The van der Waals surface area contributed by atoms with Gasteiger partial charge in [-0.15, -0.1) is 0 Å². The van der Waals surface area contributed by atoms with E-state index in [9.17, 15) is 15.0 Å². The van der Waals surface area contributed by atoms with Gasteiger partial charge in [-0.3, -0.25) is 0 Å². The van der Waals surface area contributed by atoms with Gasteiger partial charge in [-0.1, -0.05) is 12.8 Å². The number of phenols is 2. The number of fused-ring (bicyclic) bond motifs is 6. The number of carbonyl (C=O) groups excluding carboxylic acids is 1. The van der Waals surface area contributed by atoms with Crippen LogP contribution in [-0.2, 0) is 10.3 Å². The summed E-state index contributed by atoms with van der Waals surface area (Å²) in [5.41, 5.74) is 7.09. The topological polar surface area (TPSA) is 126 Å². The summed E-state index contributed by atoms with van der Waals surface area (Å²) >= 11 is 5.47. The van der Waals surface area contributed by atoms with E-state index in [0.29, 0.717) is 51.1 Å². The molecule has 0 atom stereocenters. The molecule has 0 aliphatic carbocycles. The van der Waals surface area contributed by atoms with Gasteiger partial charge in [0.25, 0.3) is 0 Å². The molecular formula is C27H27N3O5S. The Bertz CT molecular complexity index is 1290. The lowest BCUT2D eigenvalue weighted by molar-refractivity contribution is 0.0224. The average Bonchev–Trinajstić information content (AvgIpc) is 3.13. The van der Waals surface area contributed by atoms with Crippen molar-refractivity contribution in [3.8, 4) is 23.0 Å². The van der Waals surface area contributed by atoms with Gasteiger partial charge in [0.1, 0.15) is 23.0 Å². The minimum atomic E-state index is -1.31. The first-order chi connectivity index (χ1) is 17.4. The van der Waals surface area contributed by atoms with Crippen molar-refractivity contribution in [2.75, 3.05) is 18.4 Å². The lowest BCUT2D eigenvalue weighted by atomic mass is 9.77. The number of carbonyl (C=O) groups is 1. The number of thiocarbonyl (C=S) groups is 1. The summed E-state index contributed by atoms with van der Waals surface area (Å²) in [6.07, 6.45) is 4.20. The van der Waals surface area contributed by atoms with Crippen LogP contribution in [0, 0.1) is 0 Å². The number of phenolic OH excluding ortho intramolecular Hbond substituents is 2. The molecule has 3 aromatic carbocycles. The van der Waals surface area contributed by atoms with E-state index in [0.717, 1.165) is 32.2 Å². The normalized spacial score (nSPS) is 14.3. The summed E-state index contributed by atoms with van der Waals surface area (Å²) in [5, 5.41) is 27.0. The lowest BCUT2D eigenvalue weighted by Gasteiger charge is -2.36. The molecule has 186 valence electrons. The zero-order chi connectivity index (χ0) is 25.3. The zero-order valence-electron chi connectivity index (χ0n) is 19.5. The molecule has 0 bridgehead atoms. The Morgan fingerprint density at radius 2 is 1.56 bits per heavy atom. The molecule has 0 radical (unpaired) electrons.